The molecule has 2 aromatic rings. The number of thiophene rings is 1. The highest BCUT2D eigenvalue weighted by molar-refractivity contribution is 7.12. The van der Waals surface area contributed by atoms with Crippen LogP contribution in [0.3, 0.4) is 0 Å². The third-order valence-corrected chi connectivity index (χ3v) is 3.29. The van der Waals surface area contributed by atoms with Crippen LogP contribution >= 0.6 is 11.3 Å². The molecule has 0 fully saturated rings. The van der Waals surface area contributed by atoms with Gasteiger partial charge in [0.15, 0.2) is 0 Å². The molecule has 6 heteroatoms. The van der Waals surface area contributed by atoms with E-state index in [0.717, 1.165) is 9.75 Å². The van der Waals surface area contributed by atoms with E-state index in [-0.39, 0.29) is 6.42 Å². The Hall–Kier alpha value is -1.95. The second-order valence-electron chi connectivity index (χ2n) is 3.64. The van der Waals surface area contributed by atoms with E-state index in [1.165, 1.54) is 17.4 Å². The zero-order valence-electron chi connectivity index (χ0n) is 9.39. The van der Waals surface area contributed by atoms with Crippen molar-refractivity contribution in [3.8, 4) is 0 Å². The molecule has 2 heterocycles. The first-order chi connectivity index (χ1) is 8.63. The van der Waals surface area contributed by atoms with E-state index in [2.05, 4.69) is 10.3 Å². The number of rotatable bonds is 5. The Kier molecular flexibility index (Phi) is 3.88. The fraction of sp³-hybridized carbons (Fsp3) is 0.167. The standard InChI is InChI=1S/C12H11FN2O2S/c13-10-2-1-3-11(15-10)14-7-9-5-4-8(18-9)6-12(16)17/h1-5H,6-7H2,(H,14,15)(H,16,17). The number of aliphatic carboxylic acids is 1. The lowest BCUT2D eigenvalue weighted by molar-refractivity contribution is -0.136. The number of hydrogen-bond donors (Lipinski definition) is 2. The van der Waals surface area contributed by atoms with Crippen molar-refractivity contribution in [2.75, 3.05) is 5.32 Å². The van der Waals surface area contributed by atoms with Gasteiger partial charge in [0.25, 0.3) is 0 Å². The Morgan fingerprint density at radius 2 is 2.11 bits per heavy atom. The summed E-state index contributed by atoms with van der Waals surface area (Å²) in [5, 5.41) is 11.6. The smallest absolute Gasteiger partial charge is 0.308 e. The summed E-state index contributed by atoms with van der Waals surface area (Å²) in [6.45, 7) is 0.501. The number of carboxylic acids is 1. The molecular formula is C12H11FN2O2S. The highest BCUT2D eigenvalue weighted by atomic mass is 32.1. The SMILES string of the molecule is O=C(O)Cc1ccc(CNc2cccc(F)n2)s1. The summed E-state index contributed by atoms with van der Waals surface area (Å²) in [5.41, 5.74) is 0. The third-order valence-electron chi connectivity index (χ3n) is 2.20. The fourth-order valence-corrected chi connectivity index (χ4v) is 2.39. The van der Waals surface area contributed by atoms with E-state index in [1.54, 1.807) is 18.2 Å². The lowest BCUT2D eigenvalue weighted by atomic mass is 10.3. The Balaban J connectivity index is 1.94. The summed E-state index contributed by atoms with van der Waals surface area (Å²) < 4.78 is 12.8. The number of carbonyl (C=O) groups is 1. The molecule has 0 amide bonds. The Morgan fingerprint density at radius 3 is 2.83 bits per heavy atom. The molecule has 0 spiro atoms. The van der Waals surface area contributed by atoms with Crippen molar-refractivity contribution in [3.63, 3.8) is 0 Å². The van der Waals surface area contributed by atoms with Gasteiger partial charge < -0.3 is 10.4 Å². The van der Waals surface area contributed by atoms with Crippen molar-refractivity contribution in [1.29, 1.82) is 0 Å². The van der Waals surface area contributed by atoms with Crippen molar-refractivity contribution in [2.45, 2.75) is 13.0 Å². The maximum Gasteiger partial charge on any atom is 0.308 e. The molecule has 0 aliphatic carbocycles. The second-order valence-corrected chi connectivity index (χ2v) is 4.89. The minimum Gasteiger partial charge on any atom is -0.481 e. The lowest BCUT2D eigenvalue weighted by Crippen LogP contribution is -2.00. The summed E-state index contributed by atoms with van der Waals surface area (Å²) >= 11 is 1.42. The number of pyridine rings is 1. The lowest BCUT2D eigenvalue weighted by Gasteiger charge is -2.02. The molecule has 0 unspecified atom stereocenters. The van der Waals surface area contributed by atoms with Crippen LogP contribution in [0.15, 0.2) is 30.3 Å². The van der Waals surface area contributed by atoms with Gasteiger partial charge in [-0.25, -0.2) is 4.98 Å². The van der Waals surface area contributed by atoms with Crippen molar-refractivity contribution < 1.29 is 14.3 Å². The van der Waals surface area contributed by atoms with Gasteiger partial charge in [-0.1, -0.05) is 6.07 Å². The Labute approximate surface area is 107 Å². The summed E-state index contributed by atoms with van der Waals surface area (Å²) in [6.07, 6.45) is 0.0306. The van der Waals surface area contributed by atoms with Crippen molar-refractivity contribution in [1.82, 2.24) is 4.98 Å². The molecule has 2 aromatic heterocycles. The molecule has 2 N–H and O–H groups in total. The van der Waals surface area contributed by atoms with Gasteiger partial charge in [-0.05, 0) is 24.3 Å². The molecule has 0 radical (unpaired) electrons. The predicted octanol–water partition coefficient (Wildman–Crippen LogP) is 2.52. The van der Waals surface area contributed by atoms with Gasteiger partial charge in [0, 0.05) is 9.75 Å². The normalized spacial score (nSPS) is 10.3. The summed E-state index contributed by atoms with van der Waals surface area (Å²) in [5.74, 6) is -0.913. The van der Waals surface area contributed by atoms with E-state index in [0.29, 0.717) is 12.4 Å². The van der Waals surface area contributed by atoms with Crippen LogP contribution in [0.2, 0.25) is 0 Å². The molecule has 94 valence electrons. The molecule has 0 bridgehead atoms. The Morgan fingerprint density at radius 1 is 1.33 bits per heavy atom. The summed E-state index contributed by atoms with van der Waals surface area (Å²) in [7, 11) is 0. The van der Waals surface area contributed by atoms with Gasteiger partial charge >= 0.3 is 5.97 Å². The molecule has 0 atom stereocenters. The van der Waals surface area contributed by atoms with Gasteiger partial charge in [0.2, 0.25) is 5.95 Å². The highest BCUT2D eigenvalue weighted by Crippen LogP contribution is 2.18. The summed E-state index contributed by atoms with van der Waals surface area (Å²) in [6, 6.07) is 8.18. The van der Waals surface area contributed by atoms with Gasteiger partial charge in [-0.15, -0.1) is 11.3 Å². The molecule has 0 aromatic carbocycles. The molecule has 2 rings (SSSR count). The third kappa shape index (κ3) is 3.53. The minimum absolute atomic E-state index is 0.0306. The van der Waals surface area contributed by atoms with Crippen LogP contribution in [0, 0.1) is 5.95 Å². The monoisotopic (exact) mass is 266 g/mol. The first-order valence-electron chi connectivity index (χ1n) is 5.29. The first-order valence-corrected chi connectivity index (χ1v) is 6.11. The number of hydrogen-bond acceptors (Lipinski definition) is 4. The maximum absolute atomic E-state index is 12.8. The van der Waals surface area contributed by atoms with E-state index in [1.807, 2.05) is 6.07 Å². The fourth-order valence-electron chi connectivity index (χ4n) is 1.45. The molecular weight excluding hydrogens is 255 g/mol. The zero-order valence-corrected chi connectivity index (χ0v) is 10.2. The molecule has 0 aliphatic rings. The van der Waals surface area contributed by atoms with Crippen molar-refractivity contribution in [2.24, 2.45) is 0 Å². The van der Waals surface area contributed by atoms with E-state index >= 15 is 0 Å². The predicted molar refractivity (Wildman–Crippen MR) is 67.2 cm³/mol. The van der Waals surface area contributed by atoms with E-state index < -0.39 is 11.9 Å². The number of carboxylic acid groups (broad SMARTS) is 1. The topological polar surface area (TPSA) is 62.2 Å². The number of anilines is 1. The van der Waals surface area contributed by atoms with Gasteiger partial charge in [0.05, 0.1) is 13.0 Å². The molecule has 0 saturated heterocycles. The number of halogens is 1. The number of nitrogens with one attached hydrogen (secondary N) is 1. The molecule has 18 heavy (non-hydrogen) atoms. The van der Waals surface area contributed by atoms with Crippen molar-refractivity contribution in [3.05, 3.63) is 46.0 Å². The van der Waals surface area contributed by atoms with Crippen LogP contribution in [0.5, 0.6) is 0 Å². The number of nitrogens with zero attached hydrogens (tertiary/aromatic N) is 1. The highest BCUT2D eigenvalue weighted by Gasteiger charge is 2.05. The van der Waals surface area contributed by atoms with E-state index in [9.17, 15) is 9.18 Å². The quantitative estimate of drug-likeness (QED) is 0.816. The van der Waals surface area contributed by atoms with Crippen LogP contribution in [-0.4, -0.2) is 16.1 Å². The van der Waals surface area contributed by atoms with Gasteiger partial charge in [0.1, 0.15) is 5.82 Å². The van der Waals surface area contributed by atoms with E-state index in [4.69, 9.17) is 5.11 Å². The zero-order chi connectivity index (χ0) is 13.0. The van der Waals surface area contributed by atoms with Crippen molar-refractivity contribution >= 4 is 23.1 Å². The average molecular weight is 266 g/mol. The van der Waals surface area contributed by atoms with Crippen LogP contribution in [-0.2, 0) is 17.8 Å². The second kappa shape index (κ2) is 5.59. The van der Waals surface area contributed by atoms with Gasteiger partial charge in [-0.2, -0.15) is 4.39 Å². The molecule has 0 saturated carbocycles. The van der Waals surface area contributed by atoms with Crippen LogP contribution in [0.25, 0.3) is 0 Å². The maximum atomic E-state index is 12.8. The first kappa shape index (κ1) is 12.5. The van der Waals surface area contributed by atoms with Crippen LogP contribution in [0.4, 0.5) is 10.2 Å². The average Bonchev–Trinajstić information content (AvgIpc) is 2.73. The largest absolute Gasteiger partial charge is 0.481 e. The summed E-state index contributed by atoms with van der Waals surface area (Å²) in [4.78, 5) is 16.0. The van der Waals surface area contributed by atoms with Crippen LogP contribution < -0.4 is 5.32 Å². The minimum atomic E-state index is -0.844. The van der Waals surface area contributed by atoms with Crippen LogP contribution in [0.1, 0.15) is 9.75 Å². The molecule has 4 nitrogen and oxygen atoms in total. The molecule has 0 aliphatic heterocycles. The number of aromatic nitrogens is 1. The van der Waals surface area contributed by atoms with Gasteiger partial charge in [-0.3, -0.25) is 4.79 Å². The Bertz CT molecular complexity index is 557.